The summed E-state index contributed by atoms with van der Waals surface area (Å²) in [7, 11) is 0. The monoisotopic (exact) mass is 239 g/mol. The summed E-state index contributed by atoms with van der Waals surface area (Å²) in [4.78, 5) is 21.5. The van der Waals surface area contributed by atoms with E-state index in [1.54, 1.807) is 6.92 Å². The summed E-state index contributed by atoms with van der Waals surface area (Å²) < 4.78 is 0. The Labute approximate surface area is 99.6 Å². The van der Waals surface area contributed by atoms with E-state index in [0.717, 1.165) is 25.7 Å². The molecule has 1 aromatic rings. The maximum Gasteiger partial charge on any atom is 0.156 e. The molecule has 0 radical (unpaired) electrons. The van der Waals surface area contributed by atoms with Gasteiger partial charge in [0.25, 0.3) is 0 Å². The van der Waals surface area contributed by atoms with E-state index in [1.165, 1.54) is 0 Å². The Hall–Kier alpha value is -1.16. The normalized spacial score (nSPS) is 14.9. The van der Waals surface area contributed by atoms with E-state index in [2.05, 4.69) is 21.8 Å². The minimum Gasteiger partial charge on any atom is -0.353 e. The van der Waals surface area contributed by atoms with Crippen LogP contribution in [-0.2, 0) is 0 Å². The summed E-state index contributed by atoms with van der Waals surface area (Å²) in [5.74, 6) is 1.28. The number of carbonyl (C=O) groups is 1. The van der Waals surface area contributed by atoms with Crippen molar-refractivity contribution < 1.29 is 4.79 Å². The number of aldehydes is 1. The molecular formula is C11H14ClN3O. The third-order valence-corrected chi connectivity index (χ3v) is 3.00. The Morgan fingerprint density at radius 3 is 2.69 bits per heavy atom. The SMILES string of the molecule is CCN(c1nc(C)nc(Cl)c1C=O)C1CC1. The number of carbonyl (C=O) groups excluding carboxylic acids is 1. The van der Waals surface area contributed by atoms with Gasteiger partial charge in [0.05, 0.1) is 5.56 Å². The number of aromatic nitrogens is 2. The molecule has 1 aromatic heterocycles. The summed E-state index contributed by atoms with van der Waals surface area (Å²) >= 11 is 5.95. The summed E-state index contributed by atoms with van der Waals surface area (Å²) in [5, 5.41) is 0.247. The lowest BCUT2D eigenvalue weighted by Gasteiger charge is -2.23. The lowest BCUT2D eigenvalue weighted by molar-refractivity contribution is 0.112. The second-order valence-corrected chi connectivity index (χ2v) is 4.29. The van der Waals surface area contributed by atoms with Crippen molar-refractivity contribution in [2.24, 2.45) is 0 Å². The van der Waals surface area contributed by atoms with E-state index in [-0.39, 0.29) is 5.15 Å². The zero-order chi connectivity index (χ0) is 11.7. The Morgan fingerprint density at radius 1 is 1.50 bits per heavy atom. The van der Waals surface area contributed by atoms with Crippen LogP contribution in [0.4, 0.5) is 5.82 Å². The summed E-state index contributed by atoms with van der Waals surface area (Å²) in [6.45, 7) is 4.67. The van der Waals surface area contributed by atoms with E-state index in [4.69, 9.17) is 11.6 Å². The highest BCUT2D eigenvalue weighted by Crippen LogP contribution is 2.33. The fraction of sp³-hybridized carbons (Fsp3) is 0.545. The molecule has 4 nitrogen and oxygen atoms in total. The first-order valence-electron chi connectivity index (χ1n) is 5.43. The van der Waals surface area contributed by atoms with E-state index >= 15 is 0 Å². The molecular weight excluding hydrogens is 226 g/mol. The van der Waals surface area contributed by atoms with Crippen molar-refractivity contribution in [1.82, 2.24) is 9.97 Å². The number of rotatable bonds is 4. The molecule has 0 amide bonds. The standard InChI is InChI=1S/C11H14ClN3O/c1-3-15(8-4-5-8)11-9(6-16)10(12)13-7(2)14-11/h6,8H,3-5H2,1-2H3. The van der Waals surface area contributed by atoms with Crippen LogP contribution in [0.15, 0.2) is 0 Å². The number of nitrogens with zero attached hydrogens (tertiary/aromatic N) is 3. The van der Waals surface area contributed by atoms with Crippen LogP contribution in [0.3, 0.4) is 0 Å². The molecule has 5 heteroatoms. The Bertz CT molecular complexity index is 418. The topological polar surface area (TPSA) is 46.1 Å². The molecule has 1 fully saturated rings. The van der Waals surface area contributed by atoms with Gasteiger partial charge < -0.3 is 4.90 Å². The zero-order valence-corrected chi connectivity index (χ0v) is 10.2. The summed E-state index contributed by atoms with van der Waals surface area (Å²) in [5.41, 5.74) is 0.404. The Kier molecular flexibility index (Phi) is 3.10. The van der Waals surface area contributed by atoms with Crippen molar-refractivity contribution in [3.63, 3.8) is 0 Å². The van der Waals surface area contributed by atoms with Gasteiger partial charge in [0.15, 0.2) is 6.29 Å². The molecule has 0 spiro atoms. The van der Waals surface area contributed by atoms with Gasteiger partial charge in [-0.15, -0.1) is 0 Å². The molecule has 16 heavy (non-hydrogen) atoms. The Morgan fingerprint density at radius 2 is 2.19 bits per heavy atom. The van der Waals surface area contributed by atoms with Gasteiger partial charge in [-0.05, 0) is 26.7 Å². The molecule has 0 unspecified atom stereocenters. The van der Waals surface area contributed by atoms with Crippen molar-refractivity contribution >= 4 is 23.7 Å². The molecule has 1 saturated carbocycles. The van der Waals surface area contributed by atoms with Crippen LogP contribution in [0.5, 0.6) is 0 Å². The molecule has 1 heterocycles. The predicted molar refractivity (Wildman–Crippen MR) is 63.2 cm³/mol. The predicted octanol–water partition coefficient (Wildman–Crippen LogP) is 2.24. The summed E-state index contributed by atoms with van der Waals surface area (Å²) in [6, 6.07) is 0.508. The molecule has 0 aromatic carbocycles. The maximum absolute atomic E-state index is 11.0. The lowest BCUT2D eigenvalue weighted by Crippen LogP contribution is -2.27. The first kappa shape index (κ1) is 11.3. The van der Waals surface area contributed by atoms with Crippen molar-refractivity contribution in [2.45, 2.75) is 32.7 Å². The minimum atomic E-state index is 0.247. The van der Waals surface area contributed by atoms with Gasteiger partial charge in [-0.1, -0.05) is 11.6 Å². The van der Waals surface area contributed by atoms with Crippen molar-refractivity contribution in [2.75, 3.05) is 11.4 Å². The molecule has 2 rings (SSSR count). The quantitative estimate of drug-likeness (QED) is 0.597. The lowest BCUT2D eigenvalue weighted by atomic mass is 10.3. The molecule has 0 saturated heterocycles. The van der Waals surface area contributed by atoms with Crippen molar-refractivity contribution in [3.8, 4) is 0 Å². The van der Waals surface area contributed by atoms with Crippen LogP contribution in [0.25, 0.3) is 0 Å². The van der Waals surface area contributed by atoms with E-state index in [0.29, 0.717) is 23.2 Å². The molecule has 86 valence electrons. The molecule has 1 aliphatic rings. The fourth-order valence-electron chi connectivity index (χ4n) is 1.82. The van der Waals surface area contributed by atoms with Crippen LogP contribution in [0, 0.1) is 6.92 Å². The Balaban J connectivity index is 2.47. The third kappa shape index (κ3) is 2.02. The van der Waals surface area contributed by atoms with Gasteiger partial charge in [0.2, 0.25) is 0 Å². The van der Waals surface area contributed by atoms with Gasteiger partial charge in [-0.25, -0.2) is 9.97 Å². The number of halogens is 1. The maximum atomic E-state index is 11.0. The number of aryl methyl sites for hydroxylation is 1. The average molecular weight is 240 g/mol. The second kappa shape index (κ2) is 4.37. The number of anilines is 1. The van der Waals surface area contributed by atoms with Crippen LogP contribution in [0.1, 0.15) is 35.9 Å². The number of hydrogen-bond donors (Lipinski definition) is 0. The third-order valence-electron chi connectivity index (χ3n) is 2.71. The van der Waals surface area contributed by atoms with E-state index < -0.39 is 0 Å². The van der Waals surface area contributed by atoms with Crippen LogP contribution >= 0.6 is 11.6 Å². The minimum absolute atomic E-state index is 0.247. The molecule has 0 bridgehead atoms. The van der Waals surface area contributed by atoms with Crippen LogP contribution in [-0.4, -0.2) is 28.8 Å². The zero-order valence-electron chi connectivity index (χ0n) is 9.40. The number of hydrogen-bond acceptors (Lipinski definition) is 4. The first-order valence-corrected chi connectivity index (χ1v) is 5.81. The average Bonchev–Trinajstić information content (AvgIpc) is 3.02. The highest BCUT2D eigenvalue weighted by atomic mass is 35.5. The molecule has 0 N–H and O–H groups in total. The van der Waals surface area contributed by atoms with Crippen molar-refractivity contribution in [1.29, 1.82) is 0 Å². The highest BCUT2D eigenvalue weighted by Gasteiger charge is 2.31. The van der Waals surface area contributed by atoms with E-state index in [1.807, 2.05) is 0 Å². The van der Waals surface area contributed by atoms with Gasteiger partial charge in [-0.3, -0.25) is 4.79 Å². The molecule has 1 aliphatic carbocycles. The second-order valence-electron chi connectivity index (χ2n) is 3.93. The van der Waals surface area contributed by atoms with Gasteiger partial charge in [-0.2, -0.15) is 0 Å². The van der Waals surface area contributed by atoms with Gasteiger partial charge in [0, 0.05) is 12.6 Å². The smallest absolute Gasteiger partial charge is 0.156 e. The largest absolute Gasteiger partial charge is 0.353 e. The fourth-order valence-corrected chi connectivity index (χ4v) is 2.07. The summed E-state index contributed by atoms with van der Waals surface area (Å²) in [6.07, 6.45) is 3.06. The van der Waals surface area contributed by atoms with Crippen LogP contribution in [0.2, 0.25) is 5.15 Å². The van der Waals surface area contributed by atoms with Gasteiger partial charge in [0.1, 0.15) is 16.8 Å². The van der Waals surface area contributed by atoms with Crippen LogP contribution < -0.4 is 4.90 Å². The molecule has 0 aliphatic heterocycles. The first-order chi connectivity index (χ1) is 7.67. The van der Waals surface area contributed by atoms with E-state index in [9.17, 15) is 4.79 Å². The highest BCUT2D eigenvalue weighted by molar-refractivity contribution is 6.32. The van der Waals surface area contributed by atoms with Gasteiger partial charge >= 0.3 is 0 Å². The van der Waals surface area contributed by atoms with Crippen molar-refractivity contribution in [3.05, 3.63) is 16.5 Å². The molecule has 0 atom stereocenters.